The summed E-state index contributed by atoms with van der Waals surface area (Å²) in [7, 11) is 0. The first kappa shape index (κ1) is 16.2. The molecule has 0 heterocycles. The molecule has 1 amide bonds. The van der Waals surface area contributed by atoms with Gasteiger partial charge in [0.05, 0.1) is 15.1 Å². The highest BCUT2D eigenvalue weighted by Gasteiger charge is 2.09. The largest absolute Gasteiger partial charge is 0.482 e. The molecular formula is C14H9Cl4NO2. The Balaban J connectivity index is 1.95. The van der Waals surface area contributed by atoms with Crippen LogP contribution < -0.4 is 10.1 Å². The molecule has 0 fully saturated rings. The van der Waals surface area contributed by atoms with E-state index < -0.39 is 0 Å². The van der Waals surface area contributed by atoms with E-state index in [1.54, 1.807) is 24.3 Å². The Labute approximate surface area is 141 Å². The molecule has 1 N–H and O–H groups in total. The van der Waals surface area contributed by atoms with E-state index in [2.05, 4.69) is 5.32 Å². The topological polar surface area (TPSA) is 38.3 Å². The van der Waals surface area contributed by atoms with Gasteiger partial charge in [0.25, 0.3) is 5.91 Å². The van der Waals surface area contributed by atoms with Crippen LogP contribution in [-0.4, -0.2) is 12.5 Å². The standard InChI is InChI=1S/C14H9Cl4NO2/c15-8-1-3-9(4-2-8)19-14(20)7-21-13-6-11(17)10(16)5-12(13)18/h1-6H,7H2,(H,19,20). The Morgan fingerprint density at radius 3 is 2.24 bits per heavy atom. The Morgan fingerprint density at radius 2 is 1.57 bits per heavy atom. The maximum absolute atomic E-state index is 11.8. The first-order valence-corrected chi connectivity index (χ1v) is 7.29. The lowest BCUT2D eigenvalue weighted by Gasteiger charge is -2.10. The average Bonchev–Trinajstić information content (AvgIpc) is 2.44. The maximum Gasteiger partial charge on any atom is 0.262 e. The van der Waals surface area contributed by atoms with Crippen molar-refractivity contribution in [2.24, 2.45) is 0 Å². The van der Waals surface area contributed by atoms with E-state index in [0.717, 1.165) is 0 Å². The van der Waals surface area contributed by atoms with Crippen LogP contribution in [0.4, 0.5) is 5.69 Å². The fraction of sp³-hybridized carbons (Fsp3) is 0.0714. The van der Waals surface area contributed by atoms with E-state index in [1.165, 1.54) is 12.1 Å². The van der Waals surface area contributed by atoms with Gasteiger partial charge in [-0.15, -0.1) is 0 Å². The summed E-state index contributed by atoms with van der Waals surface area (Å²) in [4.78, 5) is 11.8. The molecule has 110 valence electrons. The van der Waals surface area contributed by atoms with Crippen LogP contribution in [0.25, 0.3) is 0 Å². The van der Waals surface area contributed by atoms with Crippen molar-refractivity contribution in [1.82, 2.24) is 0 Å². The Hall–Kier alpha value is -1.13. The minimum atomic E-state index is -0.334. The van der Waals surface area contributed by atoms with Crippen molar-refractivity contribution < 1.29 is 9.53 Å². The number of hydrogen-bond acceptors (Lipinski definition) is 2. The summed E-state index contributed by atoms with van der Waals surface area (Å²) in [5, 5.41) is 4.15. The van der Waals surface area contributed by atoms with Crippen molar-refractivity contribution in [1.29, 1.82) is 0 Å². The second-order valence-electron chi connectivity index (χ2n) is 4.04. The van der Waals surface area contributed by atoms with E-state index in [0.29, 0.717) is 20.8 Å². The normalized spacial score (nSPS) is 10.3. The number of carbonyl (C=O) groups excluding carboxylic acids is 1. The molecule has 0 spiro atoms. The second kappa shape index (κ2) is 7.23. The fourth-order valence-electron chi connectivity index (χ4n) is 1.49. The average molecular weight is 365 g/mol. The number of anilines is 1. The van der Waals surface area contributed by atoms with Gasteiger partial charge < -0.3 is 10.1 Å². The smallest absolute Gasteiger partial charge is 0.262 e. The van der Waals surface area contributed by atoms with Crippen LogP contribution in [0.1, 0.15) is 0 Å². The molecule has 0 aliphatic carbocycles. The molecule has 2 aromatic rings. The zero-order valence-electron chi connectivity index (χ0n) is 10.5. The summed E-state index contributed by atoms with van der Waals surface area (Å²) in [6, 6.07) is 9.64. The van der Waals surface area contributed by atoms with Gasteiger partial charge in [0, 0.05) is 16.8 Å². The van der Waals surface area contributed by atoms with Crippen LogP contribution in [0.15, 0.2) is 36.4 Å². The maximum atomic E-state index is 11.8. The van der Waals surface area contributed by atoms with Crippen molar-refractivity contribution in [2.45, 2.75) is 0 Å². The lowest BCUT2D eigenvalue weighted by atomic mass is 10.3. The third-order valence-electron chi connectivity index (χ3n) is 2.46. The molecule has 0 aliphatic rings. The number of nitrogens with one attached hydrogen (secondary N) is 1. The van der Waals surface area contributed by atoms with Gasteiger partial charge in [-0.05, 0) is 30.3 Å². The number of carbonyl (C=O) groups is 1. The molecule has 0 saturated heterocycles. The van der Waals surface area contributed by atoms with Crippen LogP contribution in [0.5, 0.6) is 5.75 Å². The predicted octanol–water partition coefficient (Wildman–Crippen LogP) is 5.32. The molecule has 0 saturated carbocycles. The first-order chi connectivity index (χ1) is 9.95. The van der Waals surface area contributed by atoms with Crippen molar-refractivity contribution in [3.05, 3.63) is 56.5 Å². The van der Waals surface area contributed by atoms with Crippen molar-refractivity contribution >= 4 is 58.0 Å². The van der Waals surface area contributed by atoms with Crippen LogP contribution in [0.2, 0.25) is 20.1 Å². The second-order valence-corrected chi connectivity index (χ2v) is 5.70. The molecule has 21 heavy (non-hydrogen) atoms. The van der Waals surface area contributed by atoms with E-state index >= 15 is 0 Å². The number of hydrogen-bond donors (Lipinski definition) is 1. The van der Waals surface area contributed by atoms with E-state index in [1.807, 2.05) is 0 Å². The number of benzene rings is 2. The monoisotopic (exact) mass is 363 g/mol. The van der Waals surface area contributed by atoms with Crippen molar-refractivity contribution in [3.63, 3.8) is 0 Å². The highest BCUT2D eigenvalue weighted by Crippen LogP contribution is 2.33. The molecular weight excluding hydrogens is 356 g/mol. The molecule has 2 rings (SSSR count). The van der Waals surface area contributed by atoms with Crippen LogP contribution in [0, 0.1) is 0 Å². The van der Waals surface area contributed by atoms with Gasteiger partial charge in [-0.1, -0.05) is 46.4 Å². The Kier molecular flexibility index (Phi) is 5.59. The van der Waals surface area contributed by atoms with Gasteiger partial charge in [0.2, 0.25) is 0 Å². The van der Waals surface area contributed by atoms with Crippen LogP contribution >= 0.6 is 46.4 Å². The number of amides is 1. The third-order valence-corrected chi connectivity index (χ3v) is 3.73. The van der Waals surface area contributed by atoms with Crippen LogP contribution in [0.3, 0.4) is 0 Å². The molecule has 7 heteroatoms. The highest BCUT2D eigenvalue weighted by atomic mass is 35.5. The minimum Gasteiger partial charge on any atom is -0.482 e. The summed E-state index contributed by atoms with van der Waals surface area (Å²) in [6.07, 6.45) is 0. The molecule has 3 nitrogen and oxygen atoms in total. The van der Waals surface area contributed by atoms with Gasteiger partial charge >= 0.3 is 0 Å². The van der Waals surface area contributed by atoms with Gasteiger partial charge in [-0.2, -0.15) is 0 Å². The molecule has 0 radical (unpaired) electrons. The first-order valence-electron chi connectivity index (χ1n) is 5.78. The molecule has 2 aromatic carbocycles. The van der Waals surface area contributed by atoms with E-state index in [9.17, 15) is 4.79 Å². The van der Waals surface area contributed by atoms with Gasteiger partial charge in [0.15, 0.2) is 6.61 Å². The zero-order valence-corrected chi connectivity index (χ0v) is 13.5. The van der Waals surface area contributed by atoms with Crippen molar-refractivity contribution in [3.8, 4) is 5.75 Å². The summed E-state index contributed by atoms with van der Waals surface area (Å²) in [5.41, 5.74) is 0.619. The zero-order chi connectivity index (χ0) is 15.4. The molecule has 0 bridgehead atoms. The van der Waals surface area contributed by atoms with Gasteiger partial charge in [-0.3, -0.25) is 4.79 Å². The molecule has 0 unspecified atom stereocenters. The molecule has 0 aromatic heterocycles. The number of rotatable bonds is 4. The van der Waals surface area contributed by atoms with Gasteiger partial charge in [-0.25, -0.2) is 0 Å². The minimum absolute atomic E-state index is 0.208. The predicted molar refractivity (Wildman–Crippen MR) is 87.0 cm³/mol. The summed E-state index contributed by atoms with van der Waals surface area (Å²) in [5.74, 6) is -0.0446. The summed E-state index contributed by atoms with van der Waals surface area (Å²) < 4.78 is 5.32. The lowest BCUT2D eigenvalue weighted by molar-refractivity contribution is -0.118. The van der Waals surface area contributed by atoms with E-state index in [4.69, 9.17) is 51.1 Å². The lowest BCUT2D eigenvalue weighted by Crippen LogP contribution is -2.20. The third kappa shape index (κ3) is 4.68. The SMILES string of the molecule is O=C(COc1cc(Cl)c(Cl)cc1Cl)Nc1ccc(Cl)cc1. The number of ether oxygens (including phenoxy) is 1. The fourth-order valence-corrected chi connectivity index (χ4v) is 2.21. The Bertz CT molecular complexity index is 659. The summed E-state index contributed by atoms with van der Waals surface area (Å²) >= 11 is 23.4. The Morgan fingerprint density at radius 1 is 0.952 bits per heavy atom. The molecule has 0 atom stereocenters. The quantitative estimate of drug-likeness (QED) is 0.745. The molecule has 0 aliphatic heterocycles. The summed E-state index contributed by atoms with van der Waals surface area (Å²) in [6.45, 7) is -0.208. The number of halogens is 4. The van der Waals surface area contributed by atoms with Crippen molar-refractivity contribution in [2.75, 3.05) is 11.9 Å². The van der Waals surface area contributed by atoms with E-state index in [-0.39, 0.29) is 23.3 Å². The van der Waals surface area contributed by atoms with Crippen LogP contribution in [-0.2, 0) is 4.79 Å². The van der Waals surface area contributed by atoms with Gasteiger partial charge in [0.1, 0.15) is 5.75 Å². The highest BCUT2D eigenvalue weighted by molar-refractivity contribution is 6.43.